The number of ether oxygens (including phenoxy) is 1. The van der Waals surface area contributed by atoms with Gasteiger partial charge in [-0.05, 0) is 29.8 Å². The summed E-state index contributed by atoms with van der Waals surface area (Å²) in [6.45, 7) is 2.20. The predicted molar refractivity (Wildman–Crippen MR) is 79.0 cm³/mol. The Kier molecular flexibility index (Phi) is 4.68. The first kappa shape index (κ1) is 13.7. The van der Waals surface area contributed by atoms with Crippen molar-refractivity contribution in [2.75, 3.05) is 12.4 Å². The summed E-state index contributed by atoms with van der Waals surface area (Å²) in [5.74, 6) is 0.707. The smallest absolute Gasteiger partial charge is 0.316 e. The second kappa shape index (κ2) is 6.48. The van der Waals surface area contributed by atoms with Crippen LogP contribution in [0.1, 0.15) is 6.92 Å². The molecule has 0 spiro atoms. The van der Waals surface area contributed by atoms with Gasteiger partial charge in [0.2, 0.25) is 0 Å². The molecule has 2 aromatic carbocycles. The summed E-state index contributed by atoms with van der Waals surface area (Å²) in [6.07, 6.45) is 0. The molecule has 1 atom stereocenters. The standard InChI is InChI=1S/C15H16O3S/c1-11(15(16)17)19-9-8-18-14-7-6-12-4-2-3-5-13(12)10-14/h2-7,10-11H,8-9H2,1H3,(H,16,17). The van der Waals surface area contributed by atoms with Crippen LogP contribution in [0.4, 0.5) is 0 Å². The molecule has 100 valence electrons. The molecule has 0 aliphatic rings. The molecule has 0 saturated heterocycles. The first-order valence-electron chi connectivity index (χ1n) is 6.13. The van der Waals surface area contributed by atoms with E-state index in [-0.39, 0.29) is 5.25 Å². The molecule has 0 aliphatic carbocycles. The molecule has 1 unspecified atom stereocenters. The first-order valence-corrected chi connectivity index (χ1v) is 7.18. The van der Waals surface area contributed by atoms with E-state index in [1.165, 1.54) is 17.1 Å². The molecule has 0 amide bonds. The van der Waals surface area contributed by atoms with Crippen molar-refractivity contribution in [1.29, 1.82) is 0 Å². The lowest BCUT2D eigenvalue weighted by atomic mass is 10.1. The quantitative estimate of drug-likeness (QED) is 0.821. The Bertz CT molecular complexity index is 568. The van der Waals surface area contributed by atoms with Gasteiger partial charge in [0.1, 0.15) is 5.75 Å². The maximum absolute atomic E-state index is 10.6. The van der Waals surface area contributed by atoms with Crippen LogP contribution in [0.15, 0.2) is 42.5 Å². The number of carbonyl (C=O) groups is 1. The SMILES string of the molecule is CC(SCCOc1ccc2ccccc2c1)C(=O)O. The van der Waals surface area contributed by atoms with E-state index in [1.54, 1.807) is 6.92 Å². The van der Waals surface area contributed by atoms with Gasteiger partial charge in [-0.25, -0.2) is 0 Å². The number of rotatable bonds is 6. The highest BCUT2D eigenvalue weighted by molar-refractivity contribution is 8.00. The van der Waals surface area contributed by atoms with Crippen LogP contribution in [0.2, 0.25) is 0 Å². The fraction of sp³-hybridized carbons (Fsp3) is 0.267. The highest BCUT2D eigenvalue weighted by Crippen LogP contribution is 2.21. The van der Waals surface area contributed by atoms with Gasteiger partial charge in [0, 0.05) is 5.75 Å². The van der Waals surface area contributed by atoms with Crippen LogP contribution in [-0.2, 0) is 4.79 Å². The van der Waals surface area contributed by atoms with Crippen LogP contribution in [-0.4, -0.2) is 28.7 Å². The normalized spacial score (nSPS) is 12.3. The summed E-state index contributed by atoms with van der Waals surface area (Å²) in [7, 11) is 0. The van der Waals surface area contributed by atoms with E-state index >= 15 is 0 Å². The van der Waals surface area contributed by atoms with Crippen molar-refractivity contribution in [3.8, 4) is 5.75 Å². The molecule has 0 saturated carbocycles. The van der Waals surface area contributed by atoms with Crippen molar-refractivity contribution in [3.63, 3.8) is 0 Å². The molecule has 1 N–H and O–H groups in total. The van der Waals surface area contributed by atoms with E-state index in [1.807, 2.05) is 36.4 Å². The minimum Gasteiger partial charge on any atom is -0.493 e. The van der Waals surface area contributed by atoms with Crippen LogP contribution in [0.5, 0.6) is 5.75 Å². The summed E-state index contributed by atoms with van der Waals surface area (Å²) >= 11 is 1.38. The lowest BCUT2D eigenvalue weighted by molar-refractivity contribution is -0.136. The Morgan fingerprint density at radius 2 is 2.00 bits per heavy atom. The van der Waals surface area contributed by atoms with Gasteiger partial charge in [-0.2, -0.15) is 0 Å². The molecule has 0 heterocycles. The molecule has 0 aromatic heterocycles. The van der Waals surface area contributed by atoms with Crippen LogP contribution in [0, 0.1) is 0 Å². The fourth-order valence-electron chi connectivity index (χ4n) is 1.71. The molecule has 3 nitrogen and oxygen atoms in total. The van der Waals surface area contributed by atoms with E-state index in [9.17, 15) is 4.79 Å². The molecule has 0 aliphatic heterocycles. The van der Waals surface area contributed by atoms with Crippen molar-refractivity contribution in [1.82, 2.24) is 0 Å². The third-order valence-electron chi connectivity index (χ3n) is 2.79. The highest BCUT2D eigenvalue weighted by atomic mass is 32.2. The molecule has 2 rings (SSSR count). The largest absolute Gasteiger partial charge is 0.493 e. The lowest BCUT2D eigenvalue weighted by Gasteiger charge is -2.09. The number of thioether (sulfide) groups is 1. The predicted octanol–water partition coefficient (Wildman–Crippen LogP) is 3.42. The summed E-state index contributed by atoms with van der Waals surface area (Å²) in [5.41, 5.74) is 0. The molecule has 4 heteroatoms. The molecule has 19 heavy (non-hydrogen) atoms. The van der Waals surface area contributed by atoms with Crippen molar-refractivity contribution in [2.24, 2.45) is 0 Å². The van der Waals surface area contributed by atoms with Gasteiger partial charge < -0.3 is 9.84 Å². The fourth-order valence-corrected chi connectivity index (χ4v) is 2.39. The molecule has 0 fully saturated rings. The Morgan fingerprint density at radius 1 is 1.26 bits per heavy atom. The number of fused-ring (bicyclic) bond motifs is 1. The molecular formula is C15H16O3S. The van der Waals surface area contributed by atoms with Crippen LogP contribution >= 0.6 is 11.8 Å². The third kappa shape index (κ3) is 3.89. The minimum atomic E-state index is -0.782. The first-order chi connectivity index (χ1) is 9.16. The molecule has 0 radical (unpaired) electrons. The highest BCUT2D eigenvalue weighted by Gasteiger charge is 2.10. The number of hydrogen-bond acceptors (Lipinski definition) is 3. The van der Waals surface area contributed by atoms with Gasteiger partial charge in [0.05, 0.1) is 11.9 Å². The number of carboxylic acids is 1. The summed E-state index contributed by atoms with van der Waals surface area (Å²) in [6, 6.07) is 14.1. The van der Waals surface area contributed by atoms with Crippen LogP contribution in [0.3, 0.4) is 0 Å². The van der Waals surface area contributed by atoms with E-state index < -0.39 is 5.97 Å². The van der Waals surface area contributed by atoms with Crippen LogP contribution in [0.25, 0.3) is 10.8 Å². The molecule has 0 bridgehead atoms. The zero-order valence-corrected chi connectivity index (χ0v) is 11.5. The number of carboxylic acid groups (broad SMARTS) is 1. The van der Waals surface area contributed by atoms with Gasteiger partial charge in [0.15, 0.2) is 0 Å². The number of benzene rings is 2. The van der Waals surface area contributed by atoms with Gasteiger partial charge in [-0.3, -0.25) is 4.79 Å². The molecular weight excluding hydrogens is 260 g/mol. The average molecular weight is 276 g/mol. The van der Waals surface area contributed by atoms with Crippen LogP contribution < -0.4 is 4.74 Å². The topological polar surface area (TPSA) is 46.5 Å². The summed E-state index contributed by atoms with van der Waals surface area (Å²) in [4.78, 5) is 10.6. The summed E-state index contributed by atoms with van der Waals surface area (Å²) < 4.78 is 5.63. The Hall–Kier alpha value is -1.68. The zero-order valence-electron chi connectivity index (χ0n) is 10.7. The second-order valence-electron chi connectivity index (χ2n) is 4.21. The maximum atomic E-state index is 10.6. The Balaban J connectivity index is 1.86. The number of hydrogen-bond donors (Lipinski definition) is 1. The molecule has 2 aromatic rings. The number of aliphatic carboxylic acids is 1. The van der Waals surface area contributed by atoms with Crippen molar-refractivity contribution >= 4 is 28.5 Å². The minimum absolute atomic E-state index is 0.389. The zero-order chi connectivity index (χ0) is 13.7. The van der Waals surface area contributed by atoms with E-state index in [2.05, 4.69) is 6.07 Å². The summed E-state index contributed by atoms with van der Waals surface area (Å²) in [5, 5.41) is 10.7. The second-order valence-corrected chi connectivity index (χ2v) is 5.66. The van der Waals surface area contributed by atoms with E-state index in [0.717, 1.165) is 11.1 Å². The monoisotopic (exact) mass is 276 g/mol. The third-order valence-corrected chi connectivity index (χ3v) is 3.89. The van der Waals surface area contributed by atoms with Gasteiger partial charge >= 0.3 is 5.97 Å². The van der Waals surface area contributed by atoms with Gasteiger partial charge in [-0.1, -0.05) is 30.3 Å². The van der Waals surface area contributed by atoms with Crippen molar-refractivity contribution in [2.45, 2.75) is 12.2 Å². The lowest BCUT2D eigenvalue weighted by Crippen LogP contribution is -2.13. The van der Waals surface area contributed by atoms with Crippen molar-refractivity contribution < 1.29 is 14.6 Å². The Labute approximate surface area is 116 Å². The van der Waals surface area contributed by atoms with E-state index in [4.69, 9.17) is 9.84 Å². The van der Waals surface area contributed by atoms with Gasteiger partial charge in [0.25, 0.3) is 0 Å². The van der Waals surface area contributed by atoms with E-state index in [0.29, 0.717) is 12.4 Å². The maximum Gasteiger partial charge on any atom is 0.316 e. The Morgan fingerprint density at radius 3 is 2.74 bits per heavy atom. The van der Waals surface area contributed by atoms with Crippen molar-refractivity contribution in [3.05, 3.63) is 42.5 Å². The average Bonchev–Trinajstić information content (AvgIpc) is 2.43. The van der Waals surface area contributed by atoms with Gasteiger partial charge in [-0.15, -0.1) is 11.8 Å².